The van der Waals surface area contributed by atoms with Gasteiger partial charge in [-0.1, -0.05) is 18.2 Å². The van der Waals surface area contributed by atoms with Gasteiger partial charge in [0.1, 0.15) is 0 Å². The van der Waals surface area contributed by atoms with Gasteiger partial charge in [-0.05, 0) is 18.2 Å². The summed E-state index contributed by atoms with van der Waals surface area (Å²) >= 11 is 1.26. The number of nitrogens with one attached hydrogen (secondary N) is 2. The summed E-state index contributed by atoms with van der Waals surface area (Å²) in [6, 6.07) is 14.0. The molecule has 0 aliphatic carbocycles. The number of nitro groups is 1. The monoisotopic (exact) mass is 364 g/mol. The Balaban J connectivity index is 1.52. The van der Waals surface area contributed by atoms with Crippen LogP contribution in [-0.4, -0.2) is 22.0 Å². The van der Waals surface area contributed by atoms with E-state index in [0.29, 0.717) is 10.3 Å². The number of benzene rings is 2. The third-order valence-corrected chi connectivity index (χ3v) is 5.04. The fourth-order valence-corrected chi connectivity index (χ4v) is 3.61. The molecule has 8 heteroatoms. The number of fused-ring (bicyclic) bond motifs is 2. The summed E-state index contributed by atoms with van der Waals surface area (Å²) in [6.07, 6.45) is 3.40. The highest BCUT2D eigenvalue weighted by Crippen LogP contribution is 2.28. The molecule has 2 aromatic heterocycles. The second-order valence-electron chi connectivity index (χ2n) is 5.58. The van der Waals surface area contributed by atoms with Crippen LogP contribution in [0.15, 0.2) is 59.8 Å². The Morgan fingerprint density at radius 1 is 1.23 bits per heavy atom. The molecule has 0 saturated carbocycles. The van der Waals surface area contributed by atoms with E-state index in [0.717, 1.165) is 21.2 Å². The van der Waals surface area contributed by atoms with E-state index in [4.69, 9.17) is 0 Å². The Labute approximate surface area is 151 Å². The molecule has 0 spiro atoms. The van der Waals surface area contributed by atoms with Crippen LogP contribution in [0.2, 0.25) is 0 Å². The minimum atomic E-state index is -0.456. The van der Waals surface area contributed by atoms with Crippen LogP contribution in [0.25, 0.3) is 21.0 Å². The second kappa shape index (κ2) is 6.41. The van der Waals surface area contributed by atoms with Gasteiger partial charge in [0.05, 0.1) is 16.0 Å². The molecule has 2 aromatic carbocycles. The first-order valence-corrected chi connectivity index (χ1v) is 8.51. The number of nitro benzene ring substituents is 1. The third kappa shape index (κ3) is 2.93. The number of nitrogens with zero attached hydrogens (tertiary/aromatic N) is 2. The Morgan fingerprint density at radius 3 is 2.92 bits per heavy atom. The van der Waals surface area contributed by atoms with Crippen LogP contribution < -0.4 is 5.43 Å². The maximum atomic E-state index is 12.3. The van der Waals surface area contributed by atoms with Crippen molar-refractivity contribution in [2.45, 2.75) is 0 Å². The molecular weight excluding hydrogens is 352 g/mol. The average molecular weight is 364 g/mol. The van der Waals surface area contributed by atoms with Crippen molar-refractivity contribution in [3.63, 3.8) is 0 Å². The predicted octanol–water partition coefficient (Wildman–Crippen LogP) is 4.05. The summed E-state index contributed by atoms with van der Waals surface area (Å²) in [7, 11) is 0. The van der Waals surface area contributed by atoms with Crippen molar-refractivity contribution in [3.05, 3.63) is 75.3 Å². The first-order valence-electron chi connectivity index (χ1n) is 7.69. The number of hydrogen-bond donors (Lipinski definition) is 2. The minimum absolute atomic E-state index is 0.000357. The summed E-state index contributed by atoms with van der Waals surface area (Å²) in [6.45, 7) is 0. The molecule has 2 N–H and O–H groups in total. The number of carbonyl (C=O) groups is 1. The lowest BCUT2D eigenvalue weighted by Crippen LogP contribution is -2.16. The second-order valence-corrected chi connectivity index (χ2v) is 6.66. The number of rotatable bonds is 4. The van der Waals surface area contributed by atoms with Gasteiger partial charge in [0.15, 0.2) is 0 Å². The van der Waals surface area contributed by atoms with Gasteiger partial charge >= 0.3 is 0 Å². The quantitative estimate of drug-likeness (QED) is 0.324. The van der Waals surface area contributed by atoms with Gasteiger partial charge < -0.3 is 4.98 Å². The van der Waals surface area contributed by atoms with Crippen LogP contribution in [0.4, 0.5) is 5.69 Å². The van der Waals surface area contributed by atoms with Gasteiger partial charge in [0.2, 0.25) is 0 Å². The van der Waals surface area contributed by atoms with Gasteiger partial charge in [-0.3, -0.25) is 14.9 Å². The van der Waals surface area contributed by atoms with Crippen LogP contribution >= 0.6 is 11.3 Å². The topological polar surface area (TPSA) is 100 Å². The van der Waals surface area contributed by atoms with Crippen LogP contribution in [-0.2, 0) is 0 Å². The number of carbonyl (C=O) groups excluding carboxylic acids is 1. The molecule has 26 heavy (non-hydrogen) atoms. The van der Waals surface area contributed by atoms with E-state index in [1.165, 1.54) is 23.5 Å². The number of thiophene rings is 1. The van der Waals surface area contributed by atoms with Gasteiger partial charge in [0, 0.05) is 44.9 Å². The van der Waals surface area contributed by atoms with Crippen molar-refractivity contribution in [1.82, 2.24) is 10.4 Å². The highest BCUT2D eigenvalue weighted by atomic mass is 32.1. The van der Waals surface area contributed by atoms with E-state index >= 15 is 0 Å². The molecule has 0 fully saturated rings. The van der Waals surface area contributed by atoms with E-state index in [-0.39, 0.29) is 11.6 Å². The maximum Gasteiger partial charge on any atom is 0.281 e. The fourth-order valence-electron chi connectivity index (χ4n) is 2.67. The van der Waals surface area contributed by atoms with Gasteiger partial charge in [-0.25, -0.2) is 5.43 Å². The van der Waals surface area contributed by atoms with E-state index in [9.17, 15) is 14.9 Å². The van der Waals surface area contributed by atoms with Crippen LogP contribution in [0.3, 0.4) is 0 Å². The highest BCUT2D eigenvalue weighted by molar-refractivity contribution is 7.20. The summed E-state index contributed by atoms with van der Waals surface area (Å²) in [5.74, 6) is -0.357. The molecule has 4 aromatic rings. The molecule has 0 saturated heterocycles. The SMILES string of the molecule is O=C(NN=Cc1c[nH]c2ccccc12)c1cc2cc([N+](=O)[O-])ccc2s1. The number of H-pyrrole nitrogens is 1. The molecule has 0 unspecified atom stereocenters. The highest BCUT2D eigenvalue weighted by Gasteiger charge is 2.13. The van der Waals surface area contributed by atoms with Gasteiger partial charge in [-0.2, -0.15) is 5.10 Å². The number of para-hydroxylation sites is 1. The molecule has 0 aliphatic heterocycles. The van der Waals surface area contributed by atoms with Crippen molar-refractivity contribution in [2.24, 2.45) is 5.10 Å². The Bertz CT molecular complexity index is 1180. The summed E-state index contributed by atoms with van der Waals surface area (Å²) in [5.41, 5.74) is 4.35. The Hall–Kier alpha value is -3.52. The summed E-state index contributed by atoms with van der Waals surface area (Å²) in [5, 5.41) is 16.5. The molecule has 128 valence electrons. The minimum Gasteiger partial charge on any atom is -0.361 e. The lowest BCUT2D eigenvalue weighted by molar-refractivity contribution is -0.384. The van der Waals surface area contributed by atoms with Gasteiger partial charge in [0.25, 0.3) is 11.6 Å². The first kappa shape index (κ1) is 16.0. The zero-order valence-electron chi connectivity index (χ0n) is 13.3. The van der Waals surface area contributed by atoms with E-state index in [2.05, 4.69) is 15.5 Å². The van der Waals surface area contributed by atoms with Crippen LogP contribution in [0, 0.1) is 10.1 Å². The lowest BCUT2D eigenvalue weighted by Gasteiger charge is -1.95. The van der Waals surface area contributed by atoms with E-state index in [1.807, 2.05) is 30.5 Å². The zero-order chi connectivity index (χ0) is 18.1. The molecule has 0 bridgehead atoms. The predicted molar refractivity (Wildman–Crippen MR) is 102 cm³/mol. The molecule has 0 radical (unpaired) electrons. The fraction of sp³-hybridized carbons (Fsp3) is 0. The molecule has 0 aliphatic rings. The summed E-state index contributed by atoms with van der Waals surface area (Å²) in [4.78, 5) is 26.2. The zero-order valence-corrected chi connectivity index (χ0v) is 14.1. The molecule has 2 heterocycles. The average Bonchev–Trinajstić information content (AvgIpc) is 3.25. The Morgan fingerprint density at radius 2 is 2.08 bits per heavy atom. The van der Waals surface area contributed by atoms with E-state index in [1.54, 1.807) is 18.3 Å². The van der Waals surface area contributed by atoms with Crippen LogP contribution in [0.5, 0.6) is 0 Å². The standard InChI is InChI=1S/C18H12N4O3S/c23-18(17-8-11-7-13(22(24)25)5-6-16(11)26-17)21-20-10-12-9-19-15-4-2-1-3-14(12)15/h1-10,19H,(H,21,23). The normalized spacial score (nSPS) is 11.4. The van der Waals surface area contributed by atoms with Gasteiger partial charge in [-0.15, -0.1) is 11.3 Å². The summed E-state index contributed by atoms with van der Waals surface area (Å²) < 4.78 is 0.807. The number of aromatic amines is 1. The van der Waals surface area contributed by atoms with Crippen molar-refractivity contribution < 1.29 is 9.72 Å². The van der Waals surface area contributed by atoms with Crippen molar-refractivity contribution in [1.29, 1.82) is 0 Å². The molecule has 1 amide bonds. The maximum absolute atomic E-state index is 12.3. The number of hydrazone groups is 1. The number of amides is 1. The molecule has 7 nitrogen and oxygen atoms in total. The van der Waals surface area contributed by atoms with Crippen molar-refractivity contribution >= 4 is 50.1 Å². The first-order chi connectivity index (χ1) is 12.6. The molecular formula is C18H12N4O3S. The number of non-ortho nitro benzene ring substituents is 1. The van der Waals surface area contributed by atoms with Crippen molar-refractivity contribution in [3.8, 4) is 0 Å². The number of hydrogen-bond acceptors (Lipinski definition) is 5. The molecule has 4 rings (SSSR count). The number of aromatic nitrogens is 1. The molecule has 0 atom stereocenters. The van der Waals surface area contributed by atoms with Crippen molar-refractivity contribution in [2.75, 3.05) is 0 Å². The Kier molecular flexibility index (Phi) is 3.94. The van der Waals surface area contributed by atoms with Crippen LogP contribution in [0.1, 0.15) is 15.2 Å². The van der Waals surface area contributed by atoms with E-state index < -0.39 is 4.92 Å². The lowest BCUT2D eigenvalue weighted by atomic mass is 10.2. The largest absolute Gasteiger partial charge is 0.361 e. The third-order valence-electron chi connectivity index (χ3n) is 3.93. The smallest absolute Gasteiger partial charge is 0.281 e.